The second kappa shape index (κ2) is 8.26. The van der Waals surface area contributed by atoms with Gasteiger partial charge in [0.15, 0.2) is 0 Å². The van der Waals surface area contributed by atoms with Crippen LogP contribution in [0.4, 0.5) is 5.69 Å². The van der Waals surface area contributed by atoms with Crippen molar-refractivity contribution in [2.24, 2.45) is 0 Å². The Morgan fingerprint density at radius 3 is 2.26 bits per heavy atom. The molecule has 0 saturated carbocycles. The van der Waals surface area contributed by atoms with Crippen molar-refractivity contribution in [3.05, 3.63) is 59.7 Å². The van der Waals surface area contributed by atoms with E-state index in [1.807, 2.05) is 6.26 Å². The fourth-order valence-corrected chi connectivity index (χ4v) is 3.52. The highest BCUT2D eigenvalue weighted by Crippen LogP contribution is 2.28. The minimum Gasteiger partial charge on any atom is -0.495 e. The Morgan fingerprint density at radius 2 is 1.67 bits per heavy atom. The summed E-state index contributed by atoms with van der Waals surface area (Å²) >= 11 is 1.55. The maximum atomic E-state index is 13.0. The van der Waals surface area contributed by atoms with Crippen LogP contribution in [0.2, 0.25) is 0 Å². The highest BCUT2D eigenvalue weighted by molar-refractivity contribution is 7.98. The van der Waals surface area contributed by atoms with E-state index >= 15 is 0 Å². The molecule has 0 bridgehead atoms. The Hall–Kier alpha value is -2.80. The van der Waals surface area contributed by atoms with E-state index in [2.05, 4.69) is 5.32 Å². The molecule has 27 heavy (non-hydrogen) atoms. The highest BCUT2D eigenvalue weighted by Gasteiger charge is 2.42. The Bertz CT molecular complexity index is 849. The topological polar surface area (TPSA) is 75.7 Å². The van der Waals surface area contributed by atoms with Crippen LogP contribution in [0, 0.1) is 0 Å². The molecule has 1 aliphatic rings. The third-order valence-electron chi connectivity index (χ3n) is 4.40. The van der Waals surface area contributed by atoms with Crippen LogP contribution in [0.3, 0.4) is 0 Å². The normalized spacial score (nSPS) is 14.1. The molecule has 0 aliphatic carbocycles. The van der Waals surface area contributed by atoms with Crippen LogP contribution in [0.1, 0.15) is 27.1 Å². The van der Waals surface area contributed by atoms with E-state index in [0.29, 0.717) is 34.7 Å². The number of carbonyl (C=O) groups excluding carboxylic acids is 3. The van der Waals surface area contributed by atoms with Gasteiger partial charge in [-0.05, 0) is 42.7 Å². The van der Waals surface area contributed by atoms with E-state index in [9.17, 15) is 14.4 Å². The number of anilines is 1. The van der Waals surface area contributed by atoms with Crippen molar-refractivity contribution in [2.45, 2.75) is 12.5 Å². The lowest BCUT2D eigenvalue weighted by Gasteiger charge is -2.25. The molecule has 6 nitrogen and oxygen atoms in total. The van der Waals surface area contributed by atoms with Gasteiger partial charge in [-0.2, -0.15) is 11.8 Å². The first kappa shape index (κ1) is 19.0. The number of fused-ring (bicyclic) bond motifs is 1. The first-order valence-electron chi connectivity index (χ1n) is 8.48. The van der Waals surface area contributed by atoms with Crippen LogP contribution in [-0.4, -0.2) is 47.8 Å². The van der Waals surface area contributed by atoms with Gasteiger partial charge in [-0.25, -0.2) is 0 Å². The summed E-state index contributed by atoms with van der Waals surface area (Å²) in [4.78, 5) is 39.6. The van der Waals surface area contributed by atoms with Gasteiger partial charge >= 0.3 is 0 Å². The molecule has 0 fully saturated rings. The number of nitrogens with zero attached hydrogens (tertiary/aromatic N) is 1. The molecule has 2 aromatic carbocycles. The Morgan fingerprint density at radius 1 is 1.07 bits per heavy atom. The quantitative estimate of drug-likeness (QED) is 0.743. The van der Waals surface area contributed by atoms with Gasteiger partial charge in [0.1, 0.15) is 11.8 Å². The molecule has 0 radical (unpaired) electrons. The van der Waals surface area contributed by atoms with E-state index in [-0.39, 0.29) is 0 Å². The van der Waals surface area contributed by atoms with Gasteiger partial charge in [-0.3, -0.25) is 19.3 Å². The van der Waals surface area contributed by atoms with Gasteiger partial charge in [0.05, 0.1) is 23.9 Å². The number of methoxy groups -OCH3 is 1. The second-order valence-corrected chi connectivity index (χ2v) is 7.00. The fraction of sp³-hybridized carbons (Fsp3) is 0.250. The molecule has 0 unspecified atom stereocenters. The van der Waals surface area contributed by atoms with E-state index in [1.54, 1.807) is 60.3 Å². The summed E-state index contributed by atoms with van der Waals surface area (Å²) in [6.45, 7) is 0. The molecule has 0 saturated heterocycles. The second-order valence-electron chi connectivity index (χ2n) is 6.01. The first-order chi connectivity index (χ1) is 13.1. The Kier molecular flexibility index (Phi) is 5.81. The van der Waals surface area contributed by atoms with Gasteiger partial charge in [-0.15, -0.1) is 0 Å². The first-order valence-corrected chi connectivity index (χ1v) is 9.87. The third-order valence-corrected chi connectivity index (χ3v) is 5.04. The largest absolute Gasteiger partial charge is 0.495 e. The average Bonchev–Trinajstić information content (AvgIpc) is 2.94. The van der Waals surface area contributed by atoms with Gasteiger partial charge < -0.3 is 10.1 Å². The number of rotatable bonds is 7. The zero-order chi connectivity index (χ0) is 19.4. The monoisotopic (exact) mass is 384 g/mol. The number of hydrogen-bond acceptors (Lipinski definition) is 5. The smallest absolute Gasteiger partial charge is 0.262 e. The third kappa shape index (κ3) is 3.68. The van der Waals surface area contributed by atoms with Crippen LogP contribution in [-0.2, 0) is 4.79 Å². The average molecular weight is 384 g/mol. The lowest BCUT2D eigenvalue weighted by atomic mass is 10.1. The SMILES string of the molecule is COc1ccccc1NC(=O)[C@H](CCSC)N1C(=O)c2ccccc2C1=O. The van der Waals surface area contributed by atoms with Crippen LogP contribution in [0.15, 0.2) is 48.5 Å². The molecule has 3 amide bonds. The number of amides is 3. The highest BCUT2D eigenvalue weighted by atomic mass is 32.2. The summed E-state index contributed by atoms with van der Waals surface area (Å²) in [6.07, 6.45) is 2.28. The molecule has 1 atom stereocenters. The lowest BCUT2D eigenvalue weighted by Crippen LogP contribution is -2.47. The standard InChI is InChI=1S/C20H20N2O4S/c1-26-17-10-6-5-9-15(17)21-18(23)16(11-12-27-2)22-19(24)13-7-3-4-8-14(13)20(22)25/h3-10,16H,11-12H2,1-2H3,(H,21,23)/t16-/m0/s1. The molecule has 7 heteroatoms. The van der Waals surface area contributed by atoms with Crippen molar-refractivity contribution in [3.8, 4) is 5.75 Å². The fourth-order valence-electron chi connectivity index (χ4n) is 3.06. The lowest BCUT2D eigenvalue weighted by molar-refractivity contribution is -0.120. The number of hydrogen-bond donors (Lipinski definition) is 1. The summed E-state index contributed by atoms with van der Waals surface area (Å²) in [6, 6.07) is 12.8. The molecule has 1 N–H and O–H groups in total. The predicted molar refractivity (Wildman–Crippen MR) is 105 cm³/mol. The minimum atomic E-state index is -0.894. The number of nitrogens with one attached hydrogen (secondary N) is 1. The summed E-state index contributed by atoms with van der Waals surface area (Å²) in [5, 5.41) is 2.80. The van der Waals surface area contributed by atoms with E-state index < -0.39 is 23.8 Å². The molecule has 0 spiro atoms. The zero-order valence-electron chi connectivity index (χ0n) is 15.1. The van der Waals surface area contributed by atoms with Crippen LogP contribution < -0.4 is 10.1 Å². The number of benzene rings is 2. The van der Waals surface area contributed by atoms with Crippen LogP contribution >= 0.6 is 11.8 Å². The Labute approximate surface area is 161 Å². The van der Waals surface area contributed by atoms with E-state index in [4.69, 9.17) is 4.74 Å². The number of ether oxygens (including phenoxy) is 1. The van der Waals surface area contributed by atoms with Gasteiger partial charge in [0, 0.05) is 0 Å². The van der Waals surface area contributed by atoms with Crippen molar-refractivity contribution >= 4 is 35.2 Å². The molecule has 0 aromatic heterocycles. The number of carbonyl (C=O) groups is 3. The zero-order valence-corrected chi connectivity index (χ0v) is 15.9. The number of thioether (sulfide) groups is 1. The van der Waals surface area contributed by atoms with Crippen LogP contribution in [0.25, 0.3) is 0 Å². The number of imide groups is 1. The summed E-state index contributed by atoms with van der Waals surface area (Å²) < 4.78 is 5.26. The van der Waals surface area contributed by atoms with E-state index in [0.717, 1.165) is 4.90 Å². The molecule has 140 valence electrons. The van der Waals surface area contributed by atoms with Crippen molar-refractivity contribution in [3.63, 3.8) is 0 Å². The summed E-state index contributed by atoms with van der Waals surface area (Å²) in [5.41, 5.74) is 1.17. The van der Waals surface area contributed by atoms with Crippen LogP contribution in [0.5, 0.6) is 5.75 Å². The molecule has 1 aliphatic heterocycles. The van der Waals surface area contributed by atoms with Crippen molar-refractivity contribution in [1.29, 1.82) is 0 Å². The molecular formula is C20H20N2O4S. The minimum absolute atomic E-state index is 0.335. The molecule has 1 heterocycles. The van der Waals surface area contributed by atoms with Gasteiger partial charge in [0.25, 0.3) is 11.8 Å². The Balaban J connectivity index is 1.89. The predicted octanol–water partition coefficient (Wildman–Crippen LogP) is 3.05. The number of para-hydroxylation sites is 2. The maximum Gasteiger partial charge on any atom is 0.262 e. The van der Waals surface area contributed by atoms with E-state index in [1.165, 1.54) is 7.11 Å². The van der Waals surface area contributed by atoms with Gasteiger partial charge in [-0.1, -0.05) is 24.3 Å². The summed E-state index contributed by atoms with van der Waals surface area (Å²) in [5.74, 6) is -0.133. The van der Waals surface area contributed by atoms with Gasteiger partial charge in [0.2, 0.25) is 5.91 Å². The summed E-state index contributed by atoms with van der Waals surface area (Å²) in [7, 11) is 1.51. The molecule has 2 aromatic rings. The van der Waals surface area contributed by atoms with Crippen molar-refractivity contribution < 1.29 is 19.1 Å². The molecular weight excluding hydrogens is 364 g/mol. The van der Waals surface area contributed by atoms with Crippen molar-refractivity contribution in [1.82, 2.24) is 4.90 Å². The maximum absolute atomic E-state index is 13.0. The molecule has 3 rings (SSSR count). The van der Waals surface area contributed by atoms with Crippen molar-refractivity contribution in [2.75, 3.05) is 24.4 Å².